The second kappa shape index (κ2) is 7.65. The molecule has 2 amide bonds. The van der Waals surface area contributed by atoms with Crippen molar-refractivity contribution < 1.29 is 4.79 Å². The zero-order valence-electron chi connectivity index (χ0n) is 13.2. The van der Waals surface area contributed by atoms with Crippen LogP contribution in [0.15, 0.2) is 48.9 Å². The number of aryl methyl sites for hydroxylation is 1. The van der Waals surface area contributed by atoms with Gasteiger partial charge in [0.25, 0.3) is 0 Å². The van der Waals surface area contributed by atoms with Gasteiger partial charge < -0.3 is 5.32 Å². The van der Waals surface area contributed by atoms with E-state index in [2.05, 4.69) is 25.6 Å². The predicted molar refractivity (Wildman–Crippen MR) is 95.0 cm³/mol. The molecule has 0 aromatic carbocycles. The molecule has 0 radical (unpaired) electrons. The molecule has 0 saturated heterocycles. The van der Waals surface area contributed by atoms with Gasteiger partial charge in [0.2, 0.25) is 0 Å². The van der Waals surface area contributed by atoms with E-state index in [1.54, 1.807) is 18.6 Å². The lowest BCUT2D eigenvalue weighted by Gasteiger charge is -2.04. The minimum atomic E-state index is -0.263. The number of carbonyl (C=O) groups excluding carboxylic acids is 1. The number of rotatable bonds is 5. The van der Waals surface area contributed by atoms with Crippen LogP contribution in [0.5, 0.6) is 0 Å². The molecule has 3 heterocycles. The fourth-order valence-electron chi connectivity index (χ4n) is 2.21. The van der Waals surface area contributed by atoms with Crippen LogP contribution in [0.25, 0.3) is 10.4 Å². The van der Waals surface area contributed by atoms with Crippen LogP contribution in [0.3, 0.4) is 0 Å². The van der Waals surface area contributed by atoms with E-state index >= 15 is 0 Å². The molecule has 6 nitrogen and oxygen atoms in total. The van der Waals surface area contributed by atoms with Gasteiger partial charge in [0.05, 0.1) is 10.6 Å². The summed E-state index contributed by atoms with van der Waals surface area (Å²) in [5.41, 5.74) is 2.88. The molecule has 7 heteroatoms. The van der Waals surface area contributed by atoms with Crippen molar-refractivity contribution in [1.82, 2.24) is 20.3 Å². The van der Waals surface area contributed by atoms with Crippen molar-refractivity contribution in [2.24, 2.45) is 0 Å². The van der Waals surface area contributed by atoms with Crippen molar-refractivity contribution in [2.45, 2.75) is 13.3 Å². The highest BCUT2D eigenvalue weighted by Gasteiger charge is 2.11. The molecule has 2 N–H and O–H groups in total. The van der Waals surface area contributed by atoms with Crippen LogP contribution in [0, 0.1) is 6.92 Å². The summed E-state index contributed by atoms with van der Waals surface area (Å²) in [6.45, 7) is 2.45. The van der Waals surface area contributed by atoms with Crippen molar-refractivity contribution in [1.29, 1.82) is 0 Å². The van der Waals surface area contributed by atoms with Crippen molar-refractivity contribution >= 4 is 22.5 Å². The number of amides is 2. The Bertz CT molecular complexity index is 804. The Labute approximate surface area is 144 Å². The Hall–Kier alpha value is -2.80. The molecule has 0 spiro atoms. The first kappa shape index (κ1) is 16.1. The quantitative estimate of drug-likeness (QED) is 0.747. The summed E-state index contributed by atoms with van der Waals surface area (Å²) in [7, 11) is 0. The highest BCUT2D eigenvalue weighted by molar-refractivity contribution is 7.19. The smallest absolute Gasteiger partial charge is 0.321 e. The maximum absolute atomic E-state index is 12.0. The molecule has 0 aliphatic rings. The Morgan fingerprint density at radius 2 is 2.00 bits per heavy atom. The number of hydrogen-bond acceptors (Lipinski definition) is 5. The highest BCUT2D eigenvalue weighted by atomic mass is 32.1. The SMILES string of the molecule is Cc1nc(NC(=O)NCCc2ccccn2)sc1-c1ccncc1. The minimum absolute atomic E-state index is 0.263. The molecular formula is C17H17N5OS. The summed E-state index contributed by atoms with van der Waals surface area (Å²) in [5.74, 6) is 0. The molecule has 3 rings (SSSR count). The van der Waals surface area contributed by atoms with Gasteiger partial charge in [0, 0.05) is 37.3 Å². The third kappa shape index (κ3) is 4.14. The number of aromatic nitrogens is 3. The normalized spacial score (nSPS) is 10.4. The largest absolute Gasteiger partial charge is 0.337 e. The topological polar surface area (TPSA) is 79.8 Å². The lowest BCUT2D eigenvalue weighted by Crippen LogP contribution is -2.30. The standard InChI is InChI=1S/C17H17N5OS/c1-12-15(13-5-9-18-10-6-13)24-17(21-12)22-16(23)20-11-7-14-4-2-3-8-19-14/h2-6,8-10H,7,11H2,1H3,(H2,20,21,22,23). The van der Waals surface area contributed by atoms with E-state index in [-0.39, 0.29) is 6.03 Å². The molecule has 0 aliphatic carbocycles. The minimum Gasteiger partial charge on any atom is -0.337 e. The second-order valence-corrected chi connectivity index (χ2v) is 6.12. The number of pyridine rings is 2. The number of thiazole rings is 1. The maximum Gasteiger partial charge on any atom is 0.321 e. The first-order valence-corrected chi connectivity index (χ1v) is 8.36. The van der Waals surface area contributed by atoms with Crippen LogP contribution in [0.2, 0.25) is 0 Å². The zero-order chi connectivity index (χ0) is 16.8. The van der Waals surface area contributed by atoms with E-state index < -0.39 is 0 Å². The van der Waals surface area contributed by atoms with E-state index in [0.717, 1.165) is 21.8 Å². The van der Waals surface area contributed by atoms with E-state index in [0.29, 0.717) is 18.1 Å². The lowest BCUT2D eigenvalue weighted by molar-refractivity contribution is 0.252. The van der Waals surface area contributed by atoms with E-state index in [4.69, 9.17) is 0 Å². The van der Waals surface area contributed by atoms with Gasteiger partial charge in [-0.05, 0) is 36.8 Å². The van der Waals surface area contributed by atoms with E-state index in [9.17, 15) is 4.79 Å². The van der Waals surface area contributed by atoms with Crippen LogP contribution < -0.4 is 10.6 Å². The fourth-order valence-corrected chi connectivity index (χ4v) is 3.18. The zero-order valence-corrected chi connectivity index (χ0v) is 14.0. The van der Waals surface area contributed by atoms with E-state index in [1.165, 1.54) is 11.3 Å². The summed E-state index contributed by atoms with van der Waals surface area (Å²) < 4.78 is 0. The Balaban J connectivity index is 1.55. The lowest BCUT2D eigenvalue weighted by atomic mass is 10.2. The van der Waals surface area contributed by atoms with Gasteiger partial charge in [-0.3, -0.25) is 15.3 Å². The van der Waals surface area contributed by atoms with Gasteiger partial charge >= 0.3 is 6.03 Å². The number of nitrogens with one attached hydrogen (secondary N) is 2. The van der Waals surface area contributed by atoms with Gasteiger partial charge in [-0.1, -0.05) is 17.4 Å². The van der Waals surface area contributed by atoms with Crippen LogP contribution in [-0.2, 0) is 6.42 Å². The number of carbonyl (C=O) groups is 1. The molecule has 122 valence electrons. The van der Waals surface area contributed by atoms with Gasteiger partial charge in [0.1, 0.15) is 0 Å². The van der Waals surface area contributed by atoms with Gasteiger partial charge in [-0.2, -0.15) is 0 Å². The summed E-state index contributed by atoms with van der Waals surface area (Å²) >= 11 is 1.45. The number of hydrogen-bond donors (Lipinski definition) is 2. The average Bonchev–Trinajstić information content (AvgIpc) is 2.97. The summed E-state index contributed by atoms with van der Waals surface area (Å²) in [5, 5.41) is 6.17. The monoisotopic (exact) mass is 339 g/mol. The molecule has 3 aromatic heterocycles. The van der Waals surface area contributed by atoms with Crippen molar-refractivity contribution in [3.63, 3.8) is 0 Å². The molecule has 3 aromatic rings. The summed E-state index contributed by atoms with van der Waals surface area (Å²) in [6, 6.07) is 9.33. The van der Waals surface area contributed by atoms with Gasteiger partial charge in [-0.25, -0.2) is 9.78 Å². The fraction of sp³-hybridized carbons (Fsp3) is 0.176. The van der Waals surface area contributed by atoms with Crippen LogP contribution in [-0.4, -0.2) is 27.5 Å². The molecule has 24 heavy (non-hydrogen) atoms. The first-order chi connectivity index (χ1) is 11.7. The average molecular weight is 339 g/mol. The molecular weight excluding hydrogens is 322 g/mol. The van der Waals surface area contributed by atoms with E-state index in [1.807, 2.05) is 37.3 Å². The Morgan fingerprint density at radius 3 is 2.75 bits per heavy atom. The molecule has 0 unspecified atom stereocenters. The predicted octanol–water partition coefficient (Wildman–Crippen LogP) is 3.27. The number of anilines is 1. The highest BCUT2D eigenvalue weighted by Crippen LogP contribution is 2.32. The van der Waals surface area contributed by atoms with Gasteiger partial charge in [-0.15, -0.1) is 0 Å². The van der Waals surface area contributed by atoms with Crippen molar-refractivity contribution in [2.75, 3.05) is 11.9 Å². The van der Waals surface area contributed by atoms with Crippen molar-refractivity contribution in [3.8, 4) is 10.4 Å². The van der Waals surface area contributed by atoms with Crippen LogP contribution in [0.1, 0.15) is 11.4 Å². The summed E-state index contributed by atoms with van der Waals surface area (Å²) in [6.07, 6.45) is 5.92. The van der Waals surface area contributed by atoms with Crippen LogP contribution >= 0.6 is 11.3 Å². The van der Waals surface area contributed by atoms with Crippen molar-refractivity contribution in [3.05, 3.63) is 60.3 Å². The first-order valence-electron chi connectivity index (χ1n) is 7.55. The molecule has 0 atom stereocenters. The second-order valence-electron chi connectivity index (χ2n) is 5.12. The summed E-state index contributed by atoms with van der Waals surface area (Å²) in [4.78, 5) is 25.6. The van der Waals surface area contributed by atoms with Gasteiger partial charge in [0.15, 0.2) is 5.13 Å². The Kier molecular flexibility index (Phi) is 5.12. The molecule has 0 aliphatic heterocycles. The molecule has 0 bridgehead atoms. The number of urea groups is 1. The molecule has 0 saturated carbocycles. The Morgan fingerprint density at radius 1 is 1.17 bits per heavy atom. The third-order valence-electron chi connectivity index (χ3n) is 3.35. The third-order valence-corrected chi connectivity index (χ3v) is 4.47. The molecule has 0 fully saturated rings. The van der Waals surface area contributed by atoms with Crippen LogP contribution in [0.4, 0.5) is 9.93 Å². The number of nitrogens with zero attached hydrogens (tertiary/aromatic N) is 3. The maximum atomic E-state index is 12.0.